The molecule has 0 bridgehead atoms. The lowest BCUT2D eigenvalue weighted by Crippen LogP contribution is -2.36. The van der Waals surface area contributed by atoms with Crippen LogP contribution in [-0.2, 0) is 16.1 Å². The van der Waals surface area contributed by atoms with Crippen molar-refractivity contribution in [1.29, 1.82) is 0 Å². The second-order valence-corrected chi connectivity index (χ2v) is 4.61. The first-order chi connectivity index (χ1) is 8.34. The van der Waals surface area contributed by atoms with Crippen LogP contribution in [0.15, 0.2) is 16.7 Å². The van der Waals surface area contributed by atoms with E-state index in [0.29, 0.717) is 6.54 Å². The number of aryl methyl sites for hydroxylation is 1. The van der Waals surface area contributed by atoms with Gasteiger partial charge in [0.05, 0.1) is 12.2 Å². The number of hydrogen-bond donors (Lipinski definition) is 1. The van der Waals surface area contributed by atoms with Gasteiger partial charge >= 0.3 is 5.97 Å². The van der Waals surface area contributed by atoms with Crippen molar-refractivity contribution in [1.82, 2.24) is 4.90 Å². The smallest absolute Gasteiger partial charge is 0.307 e. The van der Waals surface area contributed by atoms with E-state index < -0.39 is 17.8 Å². The topological polar surface area (TPSA) is 70.8 Å². The molecular formula is C13H19NO4. The molecule has 1 amide bonds. The summed E-state index contributed by atoms with van der Waals surface area (Å²) in [7, 11) is 1.67. The molecule has 100 valence electrons. The molecule has 18 heavy (non-hydrogen) atoms. The minimum atomic E-state index is -0.955. The van der Waals surface area contributed by atoms with Crippen molar-refractivity contribution in [3.8, 4) is 0 Å². The van der Waals surface area contributed by atoms with Gasteiger partial charge < -0.3 is 14.4 Å². The third kappa shape index (κ3) is 3.12. The fourth-order valence-electron chi connectivity index (χ4n) is 1.68. The lowest BCUT2D eigenvalue weighted by molar-refractivity contribution is -0.148. The second-order valence-electron chi connectivity index (χ2n) is 4.61. The molecule has 1 aromatic rings. The van der Waals surface area contributed by atoms with Gasteiger partial charge in [-0.1, -0.05) is 13.8 Å². The second kappa shape index (κ2) is 5.71. The predicted octanol–water partition coefficient (Wildman–Crippen LogP) is 1.90. The Morgan fingerprint density at radius 2 is 2.00 bits per heavy atom. The van der Waals surface area contributed by atoms with Crippen LogP contribution in [-0.4, -0.2) is 28.9 Å². The quantitative estimate of drug-likeness (QED) is 0.870. The summed E-state index contributed by atoms with van der Waals surface area (Å²) < 4.78 is 5.16. The molecule has 0 aliphatic rings. The van der Waals surface area contributed by atoms with Crippen LogP contribution in [0.5, 0.6) is 0 Å². The van der Waals surface area contributed by atoms with Gasteiger partial charge in [0, 0.05) is 25.1 Å². The average Bonchev–Trinajstić information content (AvgIpc) is 2.71. The molecule has 5 heteroatoms. The summed E-state index contributed by atoms with van der Waals surface area (Å²) in [6, 6.07) is 1.81. The molecule has 0 saturated heterocycles. The van der Waals surface area contributed by atoms with Gasteiger partial charge in [0.2, 0.25) is 5.91 Å². The van der Waals surface area contributed by atoms with Gasteiger partial charge in [-0.05, 0) is 13.0 Å². The highest BCUT2D eigenvalue weighted by atomic mass is 16.4. The highest BCUT2D eigenvalue weighted by molar-refractivity contribution is 5.84. The van der Waals surface area contributed by atoms with Crippen molar-refractivity contribution < 1.29 is 19.1 Å². The fraction of sp³-hybridized carbons (Fsp3) is 0.538. The molecule has 0 saturated carbocycles. The summed E-state index contributed by atoms with van der Waals surface area (Å²) in [5, 5.41) is 8.90. The van der Waals surface area contributed by atoms with Crippen LogP contribution in [0.1, 0.15) is 25.2 Å². The van der Waals surface area contributed by atoms with Crippen molar-refractivity contribution in [3.63, 3.8) is 0 Å². The molecule has 0 spiro atoms. The molecule has 0 radical (unpaired) electrons. The number of amides is 1. The maximum absolute atomic E-state index is 12.1. The van der Waals surface area contributed by atoms with E-state index in [2.05, 4.69) is 0 Å². The van der Waals surface area contributed by atoms with Crippen LogP contribution in [0.4, 0.5) is 0 Å². The minimum Gasteiger partial charge on any atom is -0.481 e. The number of carbonyl (C=O) groups excluding carboxylic acids is 1. The third-order valence-electron chi connectivity index (χ3n) is 3.28. The number of rotatable bonds is 5. The first-order valence-corrected chi connectivity index (χ1v) is 5.85. The van der Waals surface area contributed by atoms with Crippen molar-refractivity contribution >= 4 is 11.9 Å². The van der Waals surface area contributed by atoms with Crippen LogP contribution >= 0.6 is 0 Å². The highest BCUT2D eigenvalue weighted by Crippen LogP contribution is 2.17. The van der Waals surface area contributed by atoms with Gasteiger partial charge in [-0.15, -0.1) is 0 Å². The van der Waals surface area contributed by atoms with Crippen molar-refractivity contribution in [3.05, 3.63) is 23.7 Å². The summed E-state index contributed by atoms with van der Waals surface area (Å²) in [6.07, 6.45) is 1.58. The van der Waals surface area contributed by atoms with E-state index in [1.54, 1.807) is 27.2 Å². The zero-order chi connectivity index (χ0) is 13.9. The number of hydrogen-bond acceptors (Lipinski definition) is 3. The summed E-state index contributed by atoms with van der Waals surface area (Å²) in [5.74, 6) is -1.59. The Kier molecular flexibility index (Phi) is 4.53. The first-order valence-electron chi connectivity index (χ1n) is 5.85. The maximum Gasteiger partial charge on any atom is 0.307 e. The minimum absolute atomic E-state index is 0.175. The number of aliphatic carboxylic acids is 1. The van der Waals surface area contributed by atoms with Crippen LogP contribution in [0.2, 0.25) is 0 Å². The zero-order valence-corrected chi connectivity index (χ0v) is 11.1. The van der Waals surface area contributed by atoms with E-state index in [0.717, 1.165) is 11.3 Å². The summed E-state index contributed by atoms with van der Waals surface area (Å²) in [4.78, 5) is 24.4. The van der Waals surface area contributed by atoms with Crippen molar-refractivity contribution in [2.24, 2.45) is 11.8 Å². The third-order valence-corrected chi connectivity index (χ3v) is 3.28. The SMILES string of the molecule is Cc1occc1CN(C)C(=O)C(C)C(C)C(=O)O. The summed E-state index contributed by atoms with van der Waals surface area (Å²) in [6.45, 7) is 5.44. The Hall–Kier alpha value is -1.78. The van der Waals surface area contributed by atoms with E-state index in [1.807, 2.05) is 13.0 Å². The molecule has 0 aliphatic heterocycles. The number of furan rings is 1. The van der Waals surface area contributed by atoms with Gasteiger partial charge in [-0.2, -0.15) is 0 Å². The Morgan fingerprint density at radius 1 is 1.39 bits per heavy atom. The Balaban J connectivity index is 2.67. The van der Waals surface area contributed by atoms with Crippen molar-refractivity contribution in [2.75, 3.05) is 7.05 Å². The number of carbonyl (C=O) groups is 2. The zero-order valence-electron chi connectivity index (χ0n) is 11.1. The molecular weight excluding hydrogens is 234 g/mol. The Morgan fingerprint density at radius 3 is 2.44 bits per heavy atom. The normalized spacial score (nSPS) is 14.0. The lowest BCUT2D eigenvalue weighted by Gasteiger charge is -2.23. The van der Waals surface area contributed by atoms with E-state index in [-0.39, 0.29) is 5.91 Å². The van der Waals surface area contributed by atoms with E-state index in [1.165, 1.54) is 4.90 Å². The average molecular weight is 253 g/mol. The largest absolute Gasteiger partial charge is 0.481 e. The molecule has 1 N–H and O–H groups in total. The Labute approximate surface area is 106 Å². The monoisotopic (exact) mass is 253 g/mol. The van der Waals surface area contributed by atoms with Crippen LogP contribution in [0.3, 0.4) is 0 Å². The first kappa shape index (κ1) is 14.3. The molecule has 5 nitrogen and oxygen atoms in total. The van der Waals surface area contributed by atoms with E-state index in [9.17, 15) is 9.59 Å². The lowest BCUT2D eigenvalue weighted by atomic mass is 9.95. The standard InChI is InChI=1S/C13H19NO4/c1-8(9(2)13(16)17)12(15)14(4)7-11-5-6-18-10(11)3/h5-6,8-9H,7H2,1-4H3,(H,16,17). The molecule has 1 aromatic heterocycles. The van der Waals surface area contributed by atoms with Gasteiger partial charge in [0.25, 0.3) is 0 Å². The fourth-order valence-corrected chi connectivity index (χ4v) is 1.68. The summed E-state index contributed by atoms with van der Waals surface area (Å²) in [5.41, 5.74) is 0.932. The summed E-state index contributed by atoms with van der Waals surface area (Å²) >= 11 is 0. The maximum atomic E-state index is 12.1. The molecule has 0 fully saturated rings. The number of nitrogens with zero attached hydrogens (tertiary/aromatic N) is 1. The molecule has 1 rings (SSSR count). The van der Waals surface area contributed by atoms with Crippen molar-refractivity contribution in [2.45, 2.75) is 27.3 Å². The van der Waals surface area contributed by atoms with Crippen LogP contribution in [0, 0.1) is 18.8 Å². The van der Waals surface area contributed by atoms with E-state index >= 15 is 0 Å². The molecule has 1 heterocycles. The van der Waals surface area contributed by atoms with Crippen LogP contribution < -0.4 is 0 Å². The van der Waals surface area contributed by atoms with Gasteiger partial charge in [0.15, 0.2) is 0 Å². The number of carboxylic acids is 1. The van der Waals surface area contributed by atoms with Gasteiger partial charge in [0.1, 0.15) is 5.76 Å². The molecule has 2 unspecified atom stereocenters. The van der Waals surface area contributed by atoms with Crippen LogP contribution in [0.25, 0.3) is 0 Å². The predicted molar refractivity (Wildman–Crippen MR) is 65.9 cm³/mol. The van der Waals surface area contributed by atoms with E-state index in [4.69, 9.17) is 9.52 Å². The Bertz CT molecular complexity index is 438. The molecule has 0 aromatic carbocycles. The number of carboxylic acid groups (broad SMARTS) is 1. The van der Waals surface area contributed by atoms with Gasteiger partial charge in [-0.3, -0.25) is 9.59 Å². The molecule has 0 aliphatic carbocycles. The highest BCUT2D eigenvalue weighted by Gasteiger charge is 2.28. The molecule has 2 atom stereocenters. The van der Waals surface area contributed by atoms with Gasteiger partial charge in [-0.25, -0.2) is 0 Å².